The number of rotatable bonds is 3. The smallest absolute Gasteiger partial charge is 0.137 e. The lowest BCUT2D eigenvalue weighted by atomic mass is 10.1. The van der Waals surface area contributed by atoms with Gasteiger partial charge in [0.25, 0.3) is 0 Å². The molecule has 0 aliphatic heterocycles. The zero-order valence-corrected chi connectivity index (χ0v) is 12.8. The summed E-state index contributed by atoms with van der Waals surface area (Å²) in [5, 5.41) is 11.0. The number of hydrogen-bond acceptors (Lipinski definition) is 2. The minimum Gasteiger partial charge on any atom is -0.386 e. The maximum atomic E-state index is 10.3. The van der Waals surface area contributed by atoms with Crippen molar-refractivity contribution in [2.24, 2.45) is 0 Å². The van der Waals surface area contributed by atoms with Crippen LogP contribution < -0.4 is 0 Å². The van der Waals surface area contributed by atoms with Gasteiger partial charge in [-0.1, -0.05) is 39.7 Å². The fourth-order valence-electron chi connectivity index (χ4n) is 2.11. The van der Waals surface area contributed by atoms with Crippen LogP contribution in [0.2, 0.25) is 5.02 Å². The van der Waals surface area contributed by atoms with E-state index in [9.17, 15) is 5.11 Å². The molecule has 3 nitrogen and oxygen atoms in total. The van der Waals surface area contributed by atoms with Gasteiger partial charge in [0.15, 0.2) is 0 Å². The molecule has 5 heteroatoms. The molecule has 2 heterocycles. The van der Waals surface area contributed by atoms with E-state index in [4.69, 9.17) is 11.6 Å². The molecule has 0 amide bonds. The van der Waals surface area contributed by atoms with E-state index in [-0.39, 0.29) is 0 Å². The van der Waals surface area contributed by atoms with Crippen LogP contribution in [0.1, 0.15) is 17.4 Å². The molecular formula is C15H12BrClN2O. The molecule has 3 aromatic rings. The molecule has 1 atom stereocenters. The Balaban J connectivity index is 1.86. The van der Waals surface area contributed by atoms with E-state index in [2.05, 4.69) is 20.9 Å². The fraction of sp³-hybridized carbons (Fsp3) is 0.133. The first kappa shape index (κ1) is 13.6. The Bertz CT molecular complexity index is 723. The Morgan fingerprint density at radius 2 is 2.15 bits per heavy atom. The zero-order valence-electron chi connectivity index (χ0n) is 10.5. The fourth-order valence-corrected chi connectivity index (χ4v) is 2.87. The van der Waals surface area contributed by atoms with Gasteiger partial charge in [0.2, 0.25) is 0 Å². The van der Waals surface area contributed by atoms with E-state index in [0.29, 0.717) is 17.1 Å². The summed E-state index contributed by atoms with van der Waals surface area (Å²) < 4.78 is 2.82. The molecule has 0 aliphatic carbocycles. The molecule has 0 aliphatic rings. The van der Waals surface area contributed by atoms with Crippen LogP contribution in [0.25, 0.3) is 5.65 Å². The van der Waals surface area contributed by atoms with Gasteiger partial charge >= 0.3 is 0 Å². The van der Waals surface area contributed by atoms with Crippen LogP contribution in [0.5, 0.6) is 0 Å². The summed E-state index contributed by atoms with van der Waals surface area (Å²) in [6, 6.07) is 11.4. The molecule has 20 heavy (non-hydrogen) atoms. The molecule has 1 N–H and O–H groups in total. The van der Waals surface area contributed by atoms with E-state index in [1.165, 1.54) is 0 Å². The van der Waals surface area contributed by atoms with Crippen LogP contribution in [0, 0.1) is 0 Å². The van der Waals surface area contributed by atoms with Crippen LogP contribution in [0.15, 0.2) is 53.3 Å². The first-order valence-electron chi connectivity index (χ1n) is 6.19. The zero-order chi connectivity index (χ0) is 14.1. The van der Waals surface area contributed by atoms with Gasteiger partial charge in [-0.2, -0.15) is 0 Å². The second-order valence-corrected chi connectivity index (χ2v) is 5.91. The van der Waals surface area contributed by atoms with Gasteiger partial charge in [-0.15, -0.1) is 0 Å². The van der Waals surface area contributed by atoms with Crippen molar-refractivity contribution in [3.8, 4) is 0 Å². The summed E-state index contributed by atoms with van der Waals surface area (Å²) in [7, 11) is 0. The number of aliphatic hydroxyl groups excluding tert-OH is 1. The van der Waals surface area contributed by atoms with Crippen molar-refractivity contribution in [3.05, 3.63) is 69.5 Å². The summed E-state index contributed by atoms with van der Waals surface area (Å²) in [6.07, 6.45) is 3.52. The first-order valence-corrected chi connectivity index (χ1v) is 7.36. The third-order valence-corrected chi connectivity index (χ3v) is 4.00. The van der Waals surface area contributed by atoms with Gasteiger partial charge in [-0.25, -0.2) is 4.98 Å². The van der Waals surface area contributed by atoms with Crippen LogP contribution in [-0.2, 0) is 6.42 Å². The Hall–Kier alpha value is -1.36. The SMILES string of the molecule is OC(Cc1ccc(Br)cc1Cl)c1cn2ccccc2n1. The van der Waals surface area contributed by atoms with Crippen LogP contribution in [0.3, 0.4) is 0 Å². The molecule has 0 fully saturated rings. The molecule has 3 rings (SSSR count). The summed E-state index contributed by atoms with van der Waals surface area (Å²) in [6.45, 7) is 0. The predicted octanol–water partition coefficient (Wildman–Crippen LogP) is 4.03. The Morgan fingerprint density at radius 1 is 1.30 bits per heavy atom. The number of hydrogen-bond donors (Lipinski definition) is 1. The van der Waals surface area contributed by atoms with Gasteiger partial charge in [-0.05, 0) is 29.8 Å². The lowest BCUT2D eigenvalue weighted by molar-refractivity contribution is 0.174. The van der Waals surface area contributed by atoms with E-state index in [1.807, 2.05) is 53.2 Å². The number of imidazole rings is 1. The standard InChI is InChI=1S/C15H12BrClN2O/c16-11-5-4-10(12(17)8-11)7-14(20)13-9-19-6-2-1-3-15(19)18-13/h1-6,8-9,14,20H,7H2. The highest BCUT2D eigenvalue weighted by molar-refractivity contribution is 9.10. The molecular weight excluding hydrogens is 340 g/mol. The lowest BCUT2D eigenvalue weighted by Crippen LogP contribution is -2.02. The van der Waals surface area contributed by atoms with Gasteiger partial charge in [-0.3, -0.25) is 0 Å². The first-order chi connectivity index (χ1) is 9.63. The van der Waals surface area contributed by atoms with Crippen molar-refractivity contribution >= 4 is 33.2 Å². The van der Waals surface area contributed by atoms with Crippen molar-refractivity contribution in [2.75, 3.05) is 0 Å². The van der Waals surface area contributed by atoms with Crippen LogP contribution >= 0.6 is 27.5 Å². The highest BCUT2D eigenvalue weighted by Crippen LogP contribution is 2.26. The molecule has 0 saturated carbocycles. The quantitative estimate of drug-likeness (QED) is 0.773. The molecule has 0 radical (unpaired) electrons. The molecule has 1 aromatic carbocycles. The van der Waals surface area contributed by atoms with Crippen LogP contribution in [0.4, 0.5) is 0 Å². The number of benzene rings is 1. The molecule has 0 bridgehead atoms. The summed E-state index contributed by atoms with van der Waals surface area (Å²) in [5.74, 6) is 0. The molecule has 1 unspecified atom stereocenters. The number of aliphatic hydroxyl groups is 1. The summed E-state index contributed by atoms with van der Waals surface area (Å²) >= 11 is 9.54. The van der Waals surface area contributed by atoms with Crippen molar-refractivity contribution < 1.29 is 5.11 Å². The Kier molecular flexibility index (Phi) is 3.78. The minimum absolute atomic E-state index is 0.440. The largest absolute Gasteiger partial charge is 0.386 e. The normalized spacial score (nSPS) is 12.8. The van der Waals surface area contributed by atoms with Crippen molar-refractivity contribution in [2.45, 2.75) is 12.5 Å². The summed E-state index contributed by atoms with van der Waals surface area (Å²) in [5.41, 5.74) is 2.37. The summed E-state index contributed by atoms with van der Waals surface area (Å²) in [4.78, 5) is 4.42. The van der Waals surface area contributed by atoms with E-state index >= 15 is 0 Å². The average molecular weight is 352 g/mol. The second-order valence-electron chi connectivity index (χ2n) is 4.59. The van der Waals surface area contributed by atoms with Gasteiger partial charge in [0, 0.05) is 28.3 Å². The van der Waals surface area contributed by atoms with Gasteiger partial charge in [0.05, 0.1) is 5.69 Å². The van der Waals surface area contributed by atoms with E-state index in [0.717, 1.165) is 15.7 Å². The Labute approximate surface area is 130 Å². The van der Waals surface area contributed by atoms with Crippen LogP contribution in [-0.4, -0.2) is 14.5 Å². The average Bonchev–Trinajstić information content (AvgIpc) is 2.86. The van der Waals surface area contributed by atoms with Gasteiger partial charge in [0.1, 0.15) is 11.8 Å². The highest BCUT2D eigenvalue weighted by Gasteiger charge is 2.14. The molecule has 0 spiro atoms. The number of aromatic nitrogens is 2. The van der Waals surface area contributed by atoms with Crippen molar-refractivity contribution in [1.29, 1.82) is 0 Å². The maximum absolute atomic E-state index is 10.3. The second kappa shape index (κ2) is 5.56. The molecule has 0 saturated heterocycles. The van der Waals surface area contributed by atoms with E-state index in [1.54, 1.807) is 0 Å². The molecule has 2 aromatic heterocycles. The lowest BCUT2D eigenvalue weighted by Gasteiger charge is -2.09. The number of halogens is 2. The van der Waals surface area contributed by atoms with Gasteiger partial charge < -0.3 is 9.51 Å². The van der Waals surface area contributed by atoms with Crippen molar-refractivity contribution in [1.82, 2.24) is 9.38 Å². The number of fused-ring (bicyclic) bond motifs is 1. The molecule has 102 valence electrons. The number of nitrogens with zero attached hydrogens (tertiary/aromatic N) is 2. The van der Waals surface area contributed by atoms with Crippen molar-refractivity contribution in [3.63, 3.8) is 0 Å². The predicted molar refractivity (Wildman–Crippen MR) is 83.0 cm³/mol. The topological polar surface area (TPSA) is 37.5 Å². The Morgan fingerprint density at radius 3 is 2.90 bits per heavy atom. The third-order valence-electron chi connectivity index (χ3n) is 3.15. The third kappa shape index (κ3) is 2.73. The maximum Gasteiger partial charge on any atom is 0.137 e. The monoisotopic (exact) mass is 350 g/mol. The van der Waals surface area contributed by atoms with E-state index < -0.39 is 6.10 Å². The highest BCUT2D eigenvalue weighted by atomic mass is 79.9. The minimum atomic E-state index is -0.673. The number of pyridine rings is 1.